The Hall–Kier alpha value is -1.73. The summed E-state index contributed by atoms with van der Waals surface area (Å²) in [6.45, 7) is 8.83. The predicted molar refractivity (Wildman–Crippen MR) is 175 cm³/mol. The van der Waals surface area contributed by atoms with Gasteiger partial charge in [0.1, 0.15) is 7.14 Å². The smallest absolute Gasteiger partial charge is 0.111 e. The SMILES string of the molecule is CC(CC(C)(C)C)CP(=O)(C(c1ccccc1)c1c(Cl)cccc1Cl)C(c1ccccc1)c1c(Cl)cccc1Cl. The highest BCUT2D eigenvalue weighted by Crippen LogP contribution is 2.75. The molecule has 0 bridgehead atoms. The standard InChI is InChI=1S/C34H35Cl4OP/c1-23(21-34(2,3)4)22-40(39,32(24-13-7-5-8-14-24)30-26(35)17-11-18-27(30)36)33(25-15-9-6-10-16-25)31-28(37)19-12-20-29(31)38/h5-20,23,32-33H,21-22H2,1-4H3. The first-order chi connectivity index (χ1) is 18.9. The summed E-state index contributed by atoms with van der Waals surface area (Å²) in [5.41, 5.74) is 2.02. The highest BCUT2D eigenvalue weighted by molar-refractivity contribution is 7.65. The van der Waals surface area contributed by atoms with Gasteiger partial charge < -0.3 is 4.57 Å². The van der Waals surface area contributed by atoms with Gasteiger partial charge in [-0.1, -0.05) is 147 Å². The minimum absolute atomic E-state index is 0.0544. The van der Waals surface area contributed by atoms with E-state index in [0.717, 1.165) is 17.5 Å². The van der Waals surface area contributed by atoms with Crippen LogP contribution in [0.2, 0.25) is 20.1 Å². The first-order valence-electron chi connectivity index (χ1n) is 13.5. The van der Waals surface area contributed by atoms with E-state index in [-0.39, 0.29) is 11.3 Å². The zero-order chi connectivity index (χ0) is 29.1. The minimum Gasteiger partial charge on any atom is -0.322 e. The van der Waals surface area contributed by atoms with Gasteiger partial charge in [0.25, 0.3) is 0 Å². The van der Waals surface area contributed by atoms with E-state index in [9.17, 15) is 0 Å². The van der Waals surface area contributed by atoms with Crippen LogP contribution in [0.4, 0.5) is 0 Å². The molecule has 4 rings (SSSR count). The zero-order valence-electron chi connectivity index (χ0n) is 23.3. The molecule has 0 aromatic heterocycles. The number of rotatable bonds is 9. The summed E-state index contributed by atoms with van der Waals surface area (Å²) in [5.74, 6) is 0.130. The molecule has 6 heteroatoms. The van der Waals surface area contributed by atoms with Crippen molar-refractivity contribution in [1.82, 2.24) is 0 Å². The lowest BCUT2D eigenvalue weighted by molar-refractivity contribution is 0.320. The van der Waals surface area contributed by atoms with E-state index in [0.29, 0.717) is 37.4 Å². The Morgan fingerprint density at radius 3 is 1.27 bits per heavy atom. The second-order valence-corrected chi connectivity index (χ2v) is 16.5. The zero-order valence-corrected chi connectivity index (χ0v) is 27.2. The summed E-state index contributed by atoms with van der Waals surface area (Å²) in [5, 5.41) is 1.95. The molecule has 1 nitrogen and oxygen atoms in total. The summed E-state index contributed by atoms with van der Waals surface area (Å²) in [6, 6.07) is 30.8. The normalized spacial score (nSPS) is 15.7. The molecule has 4 aromatic rings. The molecule has 0 fully saturated rings. The molecule has 0 aliphatic rings. The fraction of sp³-hybridized carbons (Fsp3) is 0.294. The van der Waals surface area contributed by atoms with Crippen molar-refractivity contribution in [3.8, 4) is 0 Å². The summed E-state index contributed by atoms with van der Waals surface area (Å²) in [7, 11) is -3.42. The van der Waals surface area contributed by atoms with Crippen LogP contribution < -0.4 is 0 Å². The maximum atomic E-state index is 16.5. The summed E-state index contributed by atoms with van der Waals surface area (Å²) < 4.78 is 16.5. The van der Waals surface area contributed by atoms with Crippen molar-refractivity contribution in [3.05, 3.63) is 139 Å². The van der Waals surface area contributed by atoms with Crippen LogP contribution >= 0.6 is 53.5 Å². The van der Waals surface area contributed by atoms with E-state index in [1.165, 1.54) is 0 Å². The van der Waals surface area contributed by atoms with Gasteiger partial charge in [0.05, 0.1) is 11.3 Å². The number of halogens is 4. The molecule has 0 amide bonds. The lowest BCUT2D eigenvalue weighted by Gasteiger charge is -2.39. The highest BCUT2D eigenvalue weighted by Gasteiger charge is 2.47. The Bertz CT molecular complexity index is 1340. The maximum Gasteiger partial charge on any atom is 0.111 e. The third-order valence-corrected chi connectivity index (χ3v) is 12.6. The van der Waals surface area contributed by atoms with Crippen LogP contribution in [-0.4, -0.2) is 6.16 Å². The minimum atomic E-state index is -3.42. The van der Waals surface area contributed by atoms with E-state index in [2.05, 4.69) is 27.7 Å². The first kappa shape index (κ1) is 31.2. The topological polar surface area (TPSA) is 17.1 Å². The maximum absolute atomic E-state index is 16.5. The monoisotopic (exact) mass is 630 g/mol. The van der Waals surface area contributed by atoms with Crippen molar-refractivity contribution < 1.29 is 4.57 Å². The molecule has 0 N–H and O–H groups in total. The number of benzene rings is 4. The van der Waals surface area contributed by atoms with Crippen molar-refractivity contribution in [2.24, 2.45) is 11.3 Å². The molecule has 210 valence electrons. The van der Waals surface area contributed by atoms with Gasteiger partial charge in [0, 0.05) is 37.4 Å². The van der Waals surface area contributed by atoms with E-state index in [1.807, 2.05) is 97.1 Å². The first-order valence-corrected chi connectivity index (χ1v) is 17.0. The molecule has 0 aliphatic heterocycles. The molecule has 0 radical (unpaired) electrons. The predicted octanol–water partition coefficient (Wildman–Crippen LogP) is 12.6. The molecule has 0 saturated heterocycles. The van der Waals surface area contributed by atoms with Crippen LogP contribution in [0.5, 0.6) is 0 Å². The van der Waals surface area contributed by atoms with Crippen molar-refractivity contribution >= 4 is 53.5 Å². The van der Waals surface area contributed by atoms with Crippen molar-refractivity contribution in [2.45, 2.75) is 45.4 Å². The third kappa shape index (κ3) is 7.00. The number of hydrogen-bond donors (Lipinski definition) is 0. The molecule has 3 unspecified atom stereocenters. The molecule has 3 atom stereocenters. The highest BCUT2D eigenvalue weighted by atomic mass is 35.5. The van der Waals surface area contributed by atoms with Gasteiger partial charge in [-0.25, -0.2) is 0 Å². The molecular formula is C34H35Cl4OP. The van der Waals surface area contributed by atoms with Crippen molar-refractivity contribution in [2.75, 3.05) is 6.16 Å². The van der Waals surface area contributed by atoms with Gasteiger partial charge in [-0.2, -0.15) is 0 Å². The number of hydrogen-bond acceptors (Lipinski definition) is 1. The van der Waals surface area contributed by atoms with Gasteiger partial charge in [-0.05, 0) is 53.1 Å². The fourth-order valence-corrected chi connectivity index (χ4v) is 12.2. The molecule has 0 heterocycles. The quantitative estimate of drug-likeness (QED) is 0.168. The Morgan fingerprint density at radius 1 is 0.600 bits per heavy atom. The average Bonchev–Trinajstić information content (AvgIpc) is 2.88. The molecular weight excluding hydrogens is 597 g/mol. The Balaban J connectivity index is 2.12. The van der Waals surface area contributed by atoms with Crippen LogP contribution in [0.25, 0.3) is 0 Å². The van der Waals surface area contributed by atoms with Crippen LogP contribution in [-0.2, 0) is 4.57 Å². The molecule has 0 spiro atoms. The Kier molecular flexibility index (Phi) is 10.2. The second-order valence-electron chi connectivity index (χ2n) is 11.8. The summed E-state index contributed by atoms with van der Waals surface area (Å²) in [6.07, 6.45) is 1.35. The lowest BCUT2D eigenvalue weighted by Crippen LogP contribution is -2.20. The van der Waals surface area contributed by atoms with Crippen LogP contribution in [0.15, 0.2) is 97.1 Å². The van der Waals surface area contributed by atoms with Crippen LogP contribution in [0.1, 0.15) is 67.7 Å². The molecule has 0 saturated carbocycles. The fourth-order valence-electron chi connectivity index (χ4n) is 6.05. The van der Waals surface area contributed by atoms with Crippen molar-refractivity contribution in [1.29, 1.82) is 0 Å². The Morgan fingerprint density at radius 2 is 0.950 bits per heavy atom. The summed E-state index contributed by atoms with van der Waals surface area (Å²) >= 11 is 27.7. The van der Waals surface area contributed by atoms with Crippen molar-refractivity contribution in [3.63, 3.8) is 0 Å². The van der Waals surface area contributed by atoms with Crippen LogP contribution in [0, 0.1) is 11.3 Å². The van der Waals surface area contributed by atoms with Crippen LogP contribution in [0.3, 0.4) is 0 Å². The lowest BCUT2D eigenvalue weighted by atomic mass is 9.86. The second kappa shape index (κ2) is 13.1. The largest absolute Gasteiger partial charge is 0.322 e. The van der Waals surface area contributed by atoms with Gasteiger partial charge in [0.15, 0.2) is 0 Å². The van der Waals surface area contributed by atoms with E-state index in [1.54, 1.807) is 0 Å². The van der Waals surface area contributed by atoms with Gasteiger partial charge in [-0.3, -0.25) is 0 Å². The molecule has 40 heavy (non-hydrogen) atoms. The molecule has 0 aliphatic carbocycles. The van der Waals surface area contributed by atoms with E-state index < -0.39 is 18.5 Å². The van der Waals surface area contributed by atoms with Gasteiger partial charge in [-0.15, -0.1) is 0 Å². The summed E-state index contributed by atoms with van der Waals surface area (Å²) in [4.78, 5) is 0. The van der Waals surface area contributed by atoms with E-state index >= 15 is 4.57 Å². The van der Waals surface area contributed by atoms with Gasteiger partial charge in [0.2, 0.25) is 0 Å². The van der Waals surface area contributed by atoms with E-state index in [4.69, 9.17) is 46.4 Å². The van der Waals surface area contributed by atoms with Gasteiger partial charge >= 0.3 is 0 Å². The third-order valence-electron chi connectivity index (χ3n) is 7.21. The average molecular weight is 632 g/mol. The Labute approximate surface area is 259 Å². The molecule has 4 aromatic carbocycles.